The van der Waals surface area contributed by atoms with Crippen LogP contribution in [-0.2, 0) is 55.1 Å². The van der Waals surface area contributed by atoms with Crippen LogP contribution in [0.25, 0.3) is 6.66 Å². The standard InChI is InChI=1S/2C18H23.C3H7Si.Hf/c2*1-12-8-13-10-15-16(11-14(13)9-12)18(4,5)7-6-17(15,2)3;4-3-1-2-3;/h2*10-11H,6-8H2,1-5H3;3H,1-2,4H2;. The molecule has 1 saturated carbocycles. The maximum absolute atomic E-state index is 2.77. The average molecular weight is 728 g/mol. The fraction of sp³-hybridized carbons (Fsp3) is 0.590. The van der Waals surface area contributed by atoms with E-state index in [9.17, 15) is 0 Å². The molecule has 0 atom stereocenters. The van der Waals surface area contributed by atoms with Crippen LogP contribution in [0.4, 0.5) is 0 Å². The molecule has 2 aromatic carbocycles. The summed E-state index contributed by atoms with van der Waals surface area (Å²) in [5.74, 6) is 0. The van der Waals surface area contributed by atoms with Gasteiger partial charge in [0.25, 0.3) is 0 Å². The van der Waals surface area contributed by atoms with Gasteiger partial charge in [-0.3, -0.25) is 0 Å². The van der Waals surface area contributed by atoms with Gasteiger partial charge in [0.1, 0.15) is 0 Å². The molecule has 0 radical (unpaired) electrons. The zero-order valence-electron chi connectivity index (χ0n) is 27.8. The monoisotopic (exact) mass is 729 g/mol. The average Bonchev–Trinajstić information content (AvgIpc) is 3.56. The van der Waals surface area contributed by atoms with E-state index in [1.54, 1.807) is 55.7 Å². The Morgan fingerprint density at radius 1 is 0.561 bits per heavy atom. The predicted octanol–water partition coefficient (Wildman–Crippen LogP) is 9.94. The summed E-state index contributed by atoms with van der Waals surface area (Å²) in [5.41, 5.74) is 19.3. The van der Waals surface area contributed by atoms with E-state index in [1.807, 2.05) is 6.66 Å². The summed E-state index contributed by atoms with van der Waals surface area (Å²) < 4.78 is 3.95. The van der Waals surface area contributed by atoms with Gasteiger partial charge < -0.3 is 0 Å². The first-order chi connectivity index (χ1) is 19.1. The van der Waals surface area contributed by atoms with E-state index in [2.05, 4.69) is 93.5 Å². The normalized spacial score (nSPS) is 24.9. The second-order valence-electron chi connectivity index (χ2n) is 17.4. The molecule has 41 heavy (non-hydrogen) atoms. The second-order valence-corrected chi connectivity index (χ2v) is 36.2. The summed E-state index contributed by atoms with van der Waals surface area (Å²) in [6.45, 7) is 25.1. The molecule has 0 heterocycles. The number of hydrogen-bond donors (Lipinski definition) is 0. The Morgan fingerprint density at radius 2 is 0.902 bits per heavy atom. The van der Waals surface area contributed by atoms with Gasteiger partial charge in [-0.2, -0.15) is 0 Å². The van der Waals surface area contributed by atoms with Crippen molar-refractivity contribution >= 4 is 13.4 Å². The van der Waals surface area contributed by atoms with Gasteiger partial charge in [0.15, 0.2) is 0 Å². The Bertz CT molecular complexity index is 1430. The van der Waals surface area contributed by atoms with E-state index in [4.69, 9.17) is 0 Å². The van der Waals surface area contributed by atoms with E-state index in [0.717, 1.165) is 5.54 Å². The van der Waals surface area contributed by atoms with Gasteiger partial charge in [0, 0.05) is 0 Å². The van der Waals surface area contributed by atoms with Crippen molar-refractivity contribution in [2.24, 2.45) is 0 Å². The molecule has 5 aliphatic carbocycles. The van der Waals surface area contributed by atoms with Gasteiger partial charge in [0.2, 0.25) is 0 Å². The number of allylic oxidation sites excluding steroid dienone is 2. The summed E-state index contributed by atoms with van der Waals surface area (Å²) in [6, 6.07) is 10.9. The Hall–Kier alpha value is -0.993. The third-order valence-electron chi connectivity index (χ3n) is 12.2. The van der Waals surface area contributed by atoms with Crippen molar-refractivity contribution in [3.8, 4) is 0 Å². The molecule has 2 aromatic rings. The molecule has 0 aliphatic heterocycles. The molecule has 2 heteroatoms. The number of hydrogen-bond acceptors (Lipinski definition) is 0. The van der Waals surface area contributed by atoms with Crippen LogP contribution in [-0.4, -0.2) is 6.71 Å². The zero-order valence-corrected chi connectivity index (χ0v) is 32.8. The van der Waals surface area contributed by atoms with Gasteiger partial charge in [-0.25, -0.2) is 0 Å². The van der Waals surface area contributed by atoms with Crippen LogP contribution < -0.4 is 0 Å². The van der Waals surface area contributed by atoms with E-state index in [-0.39, 0.29) is 17.5 Å². The summed E-state index contributed by atoms with van der Waals surface area (Å²) in [6.07, 6.45) is 10.7. The van der Waals surface area contributed by atoms with Gasteiger partial charge in [-0.15, -0.1) is 0 Å². The van der Waals surface area contributed by atoms with Crippen LogP contribution >= 0.6 is 0 Å². The SMILES string of the molecule is CC1=[C]([Hf]([SiH2]C2CC2)[C]2=C(C)Cc3cc4c(cc32)C(C)(C)CCC4(C)C)c2cc3c(cc2C1)C(C)(C)CCC3(C)C. The summed E-state index contributed by atoms with van der Waals surface area (Å²) in [4.78, 5) is 0. The fourth-order valence-corrected chi connectivity index (χ4v) is 43.0. The molecule has 217 valence electrons. The number of fused-ring (bicyclic) bond motifs is 4. The van der Waals surface area contributed by atoms with Crippen LogP contribution in [0.15, 0.2) is 35.4 Å². The van der Waals surface area contributed by atoms with Gasteiger partial charge in [0.05, 0.1) is 0 Å². The summed E-state index contributed by atoms with van der Waals surface area (Å²) in [5, 5.41) is 0. The van der Waals surface area contributed by atoms with E-state index >= 15 is 0 Å². The summed E-state index contributed by atoms with van der Waals surface area (Å²) >= 11 is -2.28. The van der Waals surface area contributed by atoms with Crippen LogP contribution in [0.1, 0.15) is 152 Å². The minimum atomic E-state index is -2.28. The molecular formula is C39H53HfSi. The third-order valence-corrected chi connectivity index (χ3v) is 39.8. The van der Waals surface area contributed by atoms with Crippen molar-refractivity contribution in [2.75, 3.05) is 0 Å². The first kappa shape index (κ1) is 28.8. The van der Waals surface area contributed by atoms with Gasteiger partial charge in [-0.05, 0) is 0 Å². The van der Waals surface area contributed by atoms with Crippen LogP contribution in [0.5, 0.6) is 0 Å². The molecule has 0 aromatic heterocycles. The Kier molecular flexibility index (Phi) is 6.50. The van der Waals surface area contributed by atoms with Crippen LogP contribution in [0.3, 0.4) is 0 Å². The van der Waals surface area contributed by atoms with Crippen molar-refractivity contribution in [3.05, 3.63) is 79.9 Å². The molecule has 0 unspecified atom stereocenters. The quantitative estimate of drug-likeness (QED) is 0.275. The van der Waals surface area contributed by atoms with E-state index < -0.39 is 20.6 Å². The van der Waals surface area contributed by atoms with Gasteiger partial charge in [-0.1, -0.05) is 0 Å². The molecular weight excluding hydrogens is 675 g/mol. The van der Waals surface area contributed by atoms with E-state index in [0.29, 0.717) is 10.8 Å². The van der Waals surface area contributed by atoms with Crippen molar-refractivity contribution < 1.29 is 20.6 Å². The number of rotatable bonds is 4. The molecule has 0 N–H and O–H groups in total. The Labute approximate surface area is 260 Å². The molecule has 1 fully saturated rings. The molecule has 0 bridgehead atoms. The van der Waals surface area contributed by atoms with Crippen molar-refractivity contribution in [1.82, 2.24) is 0 Å². The topological polar surface area (TPSA) is 0 Å². The molecule has 0 amide bonds. The van der Waals surface area contributed by atoms with Crippen molar-refractivity contribution in [1.29, 1.82) is 0 Å². The maximum atomic E-state index is 2.77. The van der Waals surface area contributed by atoms with Gasteiger partial charge >= 0.3 is 262 Å². The van der Waals surface area contributed by atoms with Crippen molar-refractivity contribution in [2.45, 2.75) is 148 Å². The van der Waals surface area contributed by atoms with E-state index in [1.165, 1.54) is 51.4 Å². The fourth-order valence-electron chi connectivity index (χ4n) is 9.06. The second kappa shape index (κ2) is 9.26. The van der Waals surface area contributed by atoms with Crippen LogP contribution in [0, 0.1) is 0 Å². The predicted molar refractivity (Wildman–Crippen MR) is 178 cm³/mol. The molecule has 7 rings (SSSR count). The first-order valence-corrected chi connectivity index (χ1v) is 29.5. The summed E-state index contributed by atoms with van der Waals surface area (Å²) in [7, 11) is 0. The van der Waals surface area contributed by atoms with Crippen LogP contribution in [0.2, 0.25) is 5.54 Å². The third kappa shape index (κ3) is 4.58. The molecule has 0 spiro atoms. The number of benzene rings is 2. The van der Waals surface area contributed by atoms with Crippen molar-refractivity contribution in [3.63, 3.8) is 0 Å². The molecule has 0 saturated heterocycles. The minimum absolute atomic E-state index is 0.0721. The Balaban J connectivity index is 1.39. The zero-order chi connectivity index (χ0) is 29.3. The Morgan fingerprint density at radius 3 is 1.24 bits per heavy atom. The first-order valence-electron chi connectivity index (χ1n) is 16.7. The molecule has 0 nitrogen and oxygen atoms in total. The molecule has 5 aliphatic rings.